The first-order valence-corrected chi connectivity index (χ1v) is 10.4. The molecule has 5 nitrogen and oxygen atoms in total. The van der Waals surface area contributed by atoms with E-state index in [1.165, 1.54) is 18.2 Å². The molecule has 1 N–H and O–H groups in total. The van der Waals surface area contributed by atoms with Gasteiger partial charge in [-0.05, 0) is 60.2 Å². The molecular weight excluding hydrogens is 479 g/mol. The summed E-state index contributed by atoms with van der Waals surface area (Å²) in [6, 6.07) is 8.75. The van der Waals surface area contributed by atoms with Gasteiger partial charge in [0.15, 0.2) is 0 Å². The Morgan fingerprint density at radius 2 is 1.90 bits per heavy atom. The van der Waals surface area contributed by atoms with Crippen LogP contribution < -0.4 is 10.2 Å². The predicted octanol–water partition coefficient (Wildman–Crippen LogP) is 6.30. The molecule has 9 heteroatoms. The third-order valence-electron chi connectivity index (χ3n) is 4.72. The second-order valence-corrected chi connectivity index (χ2v) is 8.01. The van der Waals surface area contributed by atoms with E-state index in [4.69, 9.17) is 9.15 Å². The molecule has 0 spiro atoms. The van der Waals surface area contributed by atoms with Crippen molar-refractivity contribution in [2.75, 3.05) is 13.6 Å². The van der Waals surface area contributed by atoms with Crippen molar-refractivity contribution in [1.82, 2.24) is 4.90 Å². The van der Waals surface area contributed by atoms with Crippen molar-refractivity contribution in [1.29, 1.82) is 0 Å². The maximum absolute atomic E-state index is 13.8. The zero-order valence-electron chi connectivity index (χ0n) is 16.9. The normalized spacial score (nSPS) is 12.0. The van der Waals surface area contributed by atoms with Crippen LogP contribution in [0.4, 0.5) is 13.2 Å². The number of nitrogens with zero attached hydrogens (tertiary/aromatic N) is 1. The van der Waals surface area contributed by atoms with E-state index in [9.17, 15) is 23.1 Å². The van der Waals surface area contributed by atoms with Crippen molar-refractivity contribution >= 4 is 26.9 Å². The Bertz CT molecular complexity index is 1140. The standard InChI is InChI=1S/C22H21BrF3NO4/c1-3-4-11-27(2)12-14-16(28)10-9-13-18(29)20(21(22(24,25)26)31-19(13)14)30-17-8-6-5-7-15(17)23/h5-10,28H,3-4,11-12H2,1-2H3. The van der Waals surface area contributed by atoms with E-state index < -0.39 is 23.1 Å². The van der Waals surface area contributed by atoms with Crippen LogP contribution in [0.25, 0.3) is 11.0 Å². The van der Waals surface area contributed by atoms with Crippen molar-refractivity contribution in [3.05, 3.63) is 62.4 Å². The van der Waals surface area contributed by atoms with Gasteiger partial charge in [-0.25, -0.2) is 0 Å². The fourth-order valence-corrected chi connectivity index (χ4v) is 3.50. The third-order valence-corrected chi connectivity index (χ3v) is 5.38. The van der Waals surface area contributed by atoms with Crippen LogP contribution >= 0.6 is 15.9 Å². The molecule has 1 heterocycles. The molecule has 0 bridgehead atoms. The van der Waals surface area contributed by atoms with Crippen LogP contribution in [0.15, 0.2) is 50.1 Å². The second-order valence-electron chi connectivity index (χ2n) is 7.15. The highest BCUT2D eigenvalue weighted by Gasteiger charge is 2.41. The largest absolute Gasteiger partial charge is 0.507 e. The zero-order chi connectivity index (χ0) is 22.8. The number of fused-ring (bicyclic) bond motifs is 1. The number of para-hydroxylation sites is 1. The maximum atomic E-state index is 13.8. The number of hydrogen-bond acceptors (Lipinski definition) is 5. The molecule has 1 aromatic heterocycles. The number of rotatable bonds is 7. The van der Waals surface area contributed by atoms with Crippen LogP contribution in [0.1, 0.15) is 31.1 Å². The summed E-state index contributed by atoms with van der Waals surface area (Å²) in [7, 11) is 1.78. The van der Waals surface area contributed by atoms with E-state index in [1.807, 2.05) is 11.8 Å². The Labute approximate surface area is 185 Å². The molecule has 31 heavy (non-hydrogen) atoms. The summed E-state index contributed by atoms with van der Waals surface area (Å²) in [6.07, 6.45) is -3.17. The van der Waals surface area contributed by atoms with E-state index in [2.05, 4.69) is 15.9 Å². The fourth-order valence-electron chi connectivity index (χ4n) is 3.13. The van der Waals surface area contributed by atoms with E-state index in [1.54, 1.807) is 25.2 Å². The molecule has 0 aliphatic carbocycles. The second kappa shape index (κ2) is 9.32. The van der Waals surface area contributed by atoms with Gasteiger partial charge < -0.3 is 19.2 Å². The van der Waals surface area contributed by atoms with Gasteiger partial charge in [0.1, 0.15) is 17.1 Å². The minimum Gasteiger partial charge on any atom is -0.507 e. The van der Waals surface area contributed by atoms with E-state index in [-0.39, 0.29) is 34.6 Å². The highest BCUT2D eigenvalue weighted by Crippen LogP contribution is 2.41. The number of halogens is 4. The van der Waals surface area contributed by atoms with Crippen LogP contribution in [-0.4, -0.2) is 23.6 Å². The lowest BCUT2D eigenvalue weighted by Crippen LogP contribution is -2.20. The van der Waals surface area contributed by atoms with Crippen molar-refractivity contribution in [3.8, 4) is 17.2 Å². The van der Waals surface area contributed by atoms with Crippen molar-refractivity contribution in [2.45, 2.75) is 32.5 Å². The number of benzene rings is 2. The smallest absolute Gasteiger partial charge is 0.453 e. The Balaban J connectivity index is 2.21. The van der Waals surface area contributed by atoms with Gasteiger partial charge in [-0.1, -0.05) is 25.5 Å². The van der Waals surface area contributed by atoms with Crippen molar-refractivity contribution < 1.29 is 27.4 Å². The number of alkyl halides is 3. The predicted molar refractivity (Wildman–Crippen MR) is 115 cm³/mol. The van der Waals surface area contributed by atoms with Gasteiger partial charge in [0, 0.05) is 6.54 Å². The summed E-state index contributed by atoms with van der Waals surface area (Å²) in [5, 5.41) is 10.2. The highest BCUT2D eigenvalue weighted by atomic mass is 79.9. The lowest BCUT2D eigenvalue weighted by Gasteiger charge is -2.19. The molecular formula is C22H21BrF3NO4. The molecule has 0 radical (unpaired) electrons. The molecule has 0 saturated carbocycles. The monoisotopic (exact) mass is 499 g/mol. The van der Waals surface area contributed by atoms with Crippen LogP contribution in [0.2, 0.25) is 0 Å². The van der Waals surface area contributed by atoms with Gasteiger partial charge in [-0.3, -0.25) is 4.79 Å². The van der Waals surface area contributed by atoms with Gasteiger partial charge in [0.05, 0.1) is 15.4 Å². The summed E-state index contributed by atoms with van der Waals surface area (Å²) in [4.78, 5) is 14.9. The molecule has 0 atom stereocenters. The van der Waals surface area contributed by atoms with Crippen LogP contribution in [0.3, 0.4) is 0 Å². The average molecular weight is 500 g/mol. The van der Waals surface area contributed by atoms with Gasteiger partial charge in [-0.15, -0.1) is 0 Å². The third kappa shape index (κ3) is 5.04. The van der Waals surface area contributed by atoms with Gasteiger partial charge in [0.25, 0.3) is 5.76 Å². The number of ether oxygens (including phenoxy) is 1. The minimum atomic E-state index is -4.99. The Morgan fingerprint density at radius 1 is 1.19 bits per heavy atom. The Kier molecular flexibility index (Phi) is 6.96. The quantitative estimate of drug-likeness (QED) is 0.413. The molecule has 0 aliphatic heterocycles. The molecule has 0 unspecified atom stereocenters. The lowest BCUT2D eigenvalue weighted by molar-refractivity contribution is -0.154. The first-order chi connectivity index (χ1) is 14.6. The minimum absolute atomic E-state index is 0.0398. The van der Waals surface area contributed by atoms with E-state index in [0.717, 1.165) is 12.8 Å². The summed E-state index contributed by atoms with van der Waals surface area (Å²) in [5.41, 5.74) is -1.16. The number of aromatic hydroxyl groups is 1. The van der Waals surface area contributed by atoms with Crippen LogP contribution in [0.5, 0.6) is 17.2 Å². The van der Waals surface area contributed by atoms with Crippen molar-refractivity contribution in [3.63, 3.8) is 0 Å². The van der Waals surface area contributed by atoms with Gasteiger partial charge in [0.2, 0.25) is 11.2 Å². The SMILES string of the molecule is CCCCN(C)Cc1c(O)ccc2c(=O)c(Oc3ccccc3Br)c(C(F)(F)F)oc12. The molecule has 0 aliphatic rings. The fraction of sp³-hybridized carbons (Fsp3) is 0.318. The highest BCUT2D eigenvalue weighted by molar-refractivity contribution is 9.10. The Hall–Kier alpha value is -2.52. The maximum Gasteiger partial charge on any atom is 0.453 e. The molecule has 3 aromatic rings. The molecule has 0 amide bonds. The summed E-state index contributed by atoms with van der Waals surface area (Å²) < 4.78 is 52.4. The number of phenolic OH excluding ortho intramolecular Hbond substituents is 1. The number of unbranched alkanes of at least 4 members (excludes halogenated alkanes) is 1. The molecule has 166 valence electrons. The van der Waals surface area contributed by atoms with Crippen LogP contribution in [0, 0.1) is 0 Å². The van der Waals surface area contributed by atoms with E-state index in [0.29, 0.717) is 11.0 Å². The summed E-state index contributed by atoms with van der Waals surface area (Å²) >= 11 is 3.19. The first-order valence-electron chi connectivity index (χ1n) is 9.63. The summed E-state index contributed by atoms with van der Waals surface area (Å²) in [6.45, 7) is 2.81. The summed E-state index contributed by atoms with van der Waals surface area (Å²) in [5.74, 6) is -2.71. The van der Waals surface area contributed by atoms with Gasteiger partial charge in [-0.2, -0.15) is 13.2 Å². The average Bonchev–Trinajstić information content (AvgIpc) is 2.71. The van der Waals surface area contributed by atoms with Gasteiger partial charge >= 0.3 is 6.18 Å². The van der Waals surface area contributed by atoms with E-state index >= 15 is 0 Å². The Morgan fingerprint density at radius 3 is 2.55 bits per heavy atom. The number of hydrogen-bond donors (Lipinski definition) is 1. The van der Waals surface area contributed by atoms with Crippen LogP contribution in [-0.2, 0) is 12.7 Å². The topological polar surface area (TPSA) is 62.9 Å². The van der Waals surface area contributed by atoms with Crippen molar-refractivity contribution in [2.24, 2.45) is 0 Å². The molecule has 2 aromatic carbocycles. The molecule has 3 rings (SSSR count). The molecule has 0 fully saturated rings. The molecule has 0 saturated heterocycles. The zero-order valence-corrected chi connectivity index (χ0v) is 18.5. The first kappa shape index (κ1) is 23.1. The number of phenols is 1. The lowest BCUT2D eigenvalue weighted by atomic mass is 10.1.